The van der Waals surface area contributed by atoms with E-state index in [4.69, 9.17) is 9.15 Å². The maximum absolute atomic E-state index is 12.2. The van der Waals surface area contributed by atoms with Crippen LogP contribution in [0, 0.1) is 20.8 Å². The van der Waals surface area contributed by atoms with E-state index in [-0.39, 0.29) is 11.7 Å². The first-order chi connectivity index (χ1) is 14.4. The Morgan fingerprint density at radius 1 is 1.07 bits per heavy atom. The number of carbonyl (C=O) groups is 1. The highest BCUT2D eigenvalue weighted by molar-refractivity contribution is 7.99. The third-order valence-electron chi connectivity index (χ3n) is 4.76. The van der Waals surface area contributed by atoms with Gasteiger partial charge in [-0.2, -0.15) is 0 Å². The number of anilines is 1. The Bertz CT molecular complexity index is 1020. The number of nitrogens with one attached hydrogen (secondary N) is 1. The zero-order valence-electron chi connectivity index (χ0n) is 17.8. The maximum atomic E-state index is 12.2. The van der Waals surface area contributed by atoms with Gasteiger partial charge in [0.2, 0.25) is 11.8 Å². The number of nitrogens with zero attached hydrogens (tertiary/aromatic N) is 2. The Labute approximate surface area is 181 Å². The SMILES string of the molecule is COc1ccc(CCCc2nnc(SCC(=O)Nc3cc(C)ccc3C)o2)cc1C. The van der Waals surface area contributed by atoms with Crippen molar-refractivity contribution >= 4 is 23.4 Å². The molecule has 3 rings (SSSR count). The van der Waals surface area contributed by atoms with E-state index < -0.39 is 0 Å². The summed E-state index contributed by atoms with van der Waals surface area (Å²) in [5.41, 5.74) is 5.36. The van der Waals surface area contributed by atoms with Gasteiger partial charge >= 0.3 is 0 Å². The zero-order valence-corrected chi connectivity index (χ0v) is 18.6. The molecular formula is C23H27N3O3S. The van der Waals surface area contributed by atoms with Crippen molar-refractivity contribution in [2.24, 2.45) is 0 Å². The van der Waals surface area contributed by atoms with Gasteiger partial charge in [-0.3, -0.25) is 4.79 Å². The lowest BCUT2D eigenvalue weighted by Crippen LogP contribution is -2.14. The summed E-state index contributed by atoms with van der Waals surface area (Å²) in [4.78, 5) is 12.2. The van der Waals surface area contributed by atoms with Crippen molar-refractivity contribution in [3.8, 4) is 5.75 Å². The number of hydrogen-bond donors (Lipinski definition) is 1. The molecule has 0 saturated carbocycles. The first-order valence-corrected chi connectivity index (χ1v) is 10.9. The molecule has 30 heavy (non-hydrogen) atoms. The number of aromatic nitrogens is 2. The summed E-state index contributed by atoms with van der Waals surface area (Å²) in [5.74, 6) is 1.63. The molecule has 2 aromatic carbocycles. The molecule has 1 heterocycles. The summed E-state index contributed by atoms with van der Waals surface area (Å²) in [6.45, 7) is 6.01. The molecule has 0 spiro atoms. The van der Waals surface area contributed by atoms with Crippen molar-refractivity contribution in [2.75, 3.05) is 18.2 Å². The van der Waals surface area contributed by atoms with Crippen LogP contribution in [0.15, 0.2) is 46.0 Å². The molecule has 1 N–H and O–H groups in total. The molecule has 1 amide bonds. The first kappa shape index (κ1) is 21.9. The highest BCUT2D eigenvalue weighted by Crippen LogP contribution is 2.21. The summed E-state index contributed by atoms with van der Waals surface area (Å²) in [5, 5.41) is 11.5. The van der Waals surface area contributed by atoms with Crippen LogP contribution in [0.3, 0.4) is 0 Å². The van der Waals surface area contributed by atoms with Crippen molar-refractivity contribution < 1.29 is 13.9 Å². The van der Waals surface area contributed by atoms with Gasteiger partial charge in [0.05, 0.1) is 12.9 Å². The molecule has 3 aromatic rings. The van der Waals surface area contributed by atoms with E-state index >= 15 is 0 Å². The maximum Gasteiger partial charge on any atom is 0.277 e. The second-order valence-electron chi connectivity index (χ2n) is 7.27. The van der Waals surface area contributed by atoms with Crippen LogP contribution in [0.1, 0.15) is 34.6 Å². The Balaban J connectivity index is 1.44. The number of hydrogen-bond acceptors (Lipinski definition) is 6. The van der Waals surface area contributed by atoms with Gasteiger partial charge in [0.25, 0.3) is 5.22 Å². The zero-order chi connectivity index (χ0) is 21.5. The average molecular weight is 426 g/mol. The van der Waals surface area contributed by atoms with Crippen LogP contribution in [0.5, 0.6) is 5.75 Å². The van der Waals surface area contributed by atoms with Gasteiger partial charge in [-0.25, -0.2) is 0 Å². The number of benzene rings is 2. The van der Waals surface area contributed by atoms with E-state index in [0.29, 0.717) is 17.5 Å². The second kappa shape index (κ2) is 10.3. The standard InChI is InChI=1S/C23H27N3O3S/c1-15-8-9-16(2)19(12-15)24-21(27)14-30-23-26-25-22(29-23)7-5-6-18-10-11-20(28-4)17(3)13-18/h8-13H,5-7,14H2,1-4H3,(H,24,27). The normalized spacial score (nSPS) is 10.8. The first-order valence-electron chi connectivity index (χ1n) is 9.90. The van der Waals surface area contributed by atoms with E-state index in [1.807, 2.05) is 45.0 Å². The molecule has 0 radical (unpaired) electrons. The Morgan fingerprint density at radius 3 is 2.67 bits per heavy atom. The molecule has 0 unspecified atom stereocenters. The number of carbonyl (C=O) groups excluding carboxylic acids is 1. The number of thioether (sulfide) groups is 1. The highest BCUT2D eigenvalue weighted by Gasteiger charge is 2.11. The van der Waals surface area contributed by atoms with E-state index in [1.165, 1.54) is 17.3 Å². The molecule has 0 bridgehead atoms. The third-order valence-corrected chi connectivity index (χ3v) is 5.58. The molecule has 7 heteroatoms. The van der Waals surface area contributed by atoms with Gasteiger partial charge in [-0.05, 0) is 68.0 Å². The van der Waals surface area contributed by atoms with Gasteiger partial charge in [0.1, 0.15) is 5.75 Å². The van der Waals surface area contributed by atoms with Crippen LogP contribution in [-0.2, 0) is 17.6 Å². The summed E-state index contributed by atoms with van der Waals surface area (Å²) in [6.07, 6.45) is 2.53. The third kappa shape index (κ3) is 6.10. The minimum atomic E-state index is -0.0941. The van der Waals surface area contributed by atoms with Gasteiger partial charge in [0.15, 0.2) is 0 Å². The molecule has 6 nitrogen and oxygen atoms in total. The molecule has 158 valence electrons. The number of rotatable bonds is 9. The van der Waals surface area contributed by atoms with Gasteiger partial charge in [0, 0.05) is 12.1 Å². The number of ether oxygens (including phenoxy) is 1. The Morgan fingerprint density at radius 2 is 1.90 bits per heavy atom. The van der Waals surface area contributed by atoms with Gasteiger partial charge in [-0.1, -0.05) is 36.0 Å². The lowest BCUT2D eigenvalue weighted by Gasteiger charge is -2.08. The fourth-order valence-electron chi connectivity index (χ4n) is 3.12. The number of amides is 1. The van der Waals surface area contributed by atoms with Gasteiger partial charge in [-0.15, -0.1) is 10.2 Å². The second-order valence-corrected chi connectivity index (χ2v) is 8.20. The van der Waals surface area contributed by atoms with Crippen LogP contribution < -0.4 is 10.1 Å². The van der Waals surface area contributed by atoms with Crippen LogP contribution in [0.25, 0.3) is 0 Å². The van der Waals surface area contributed by atoms with Crippen LogP contribution in [0.4, 0.5) is 5.69 Å². The van der Waals surface area contributed by atoms with Crippen molar-refractivity contribution in [2.45, 2.75) is 45.3 Å². The van der Waals surface area contributed by atoms with Crippen LogP contribution in [-0.4, -0.2) is 29.0 Å². The minimum Gasteiger partial charge on any atom is -0.496 e. The predicted octanol–water partition coefficient (Wildman–Crippen LogP) is 4.91. The average Bonchev–Trinajstić information content (AvgIpc) is 3.17. The molecular weight excluding hydrogens is 398 g/mol. The van der Waals surface area contributed by atoms with Gasteiger partial charge < -0.3 is 14.5 Å². The lowest BCUT2D eigenvalue weighted by molar-refractivity contribution is -0.113. The molecule has 0 atom stereocenters. The van der Waals surface area contributed by atoms with Crippen molar-refractivity contribution in [1.29, 1.82) is 0 Å². The van der Waals surface area contributed by atoms with Crippen LogP contribution >= 0.6 is 11.8 Å². The largest absolute Gasteiger partial charge is 0.496 e. The molecule has 0 aliphatic rings. The quantitative estimate of drug-likeness (QED) is 0.491. The van der Waals surface area contributed by atoms with Crippen molar-refractivity contribution in [3.63, 3.8) is 0 Å². The predicted molar refractivity (Wildman–Crippen MR) is 119 cm³/mol. The topological polar surface area (TPSA) is 77.2 Å². The summed E-state index contributed by atoms with van der Waals surface area (Å²) in [6, 6.07) is 12.2. The highest BCUT2D eigenvalue weighted by atomic mass is 32.2. The number of aryl methyl sites for hydroxylation is 5. The summed E-state index contributed by atoms with van der Waals surface area (Å²) >= 11 is 1.25. The molecule has 0 aliphatic heterocycles. The van der Waals surface area contributed by atoms with E-state index in [1.54, 1.807) is 7.11 Å². The van der Waals surface area contributed by atoms with E-state index in [9.17, 15) is 4.79 Å². The molecule has 1 aromatic heterocycles. The fraction of sp³-hybridized carbons (Fsp3) is 0.348. The molecule has 0 saturated heterocycles. The van der Waals surface area contributed by atoms with Crippen LogP contribution in [0.2, 0.25) is 0 Å². The molecule has 0 aliphatic carbocycles. The van der Waals surface area contributed by atoms with E-state index in [0.717, 1.165) is 41.0 Å². The van der Waals surface area contributed by atoms with Crippen molar-refractivity contribution in [1.82, 2.24) is 10.2 Å². The van der Waals surface area contributed by atoms with E-state index in [2.05, 4.69) is 27.6 Å². The fourth-order valence-corrected chi connectivity index (χ4v) is 3.70. The monoisotopic (exact) mass is 425 g/mol. The van der Waals surface area contributed by atoms with Crippen molar-refractivity contribution in [3.05, 3.63) is 64.5 Å². The molecule has 0 fully saturated rings. The summed E-state index contributed by atoms with van der Waals surface area (Å²) < 4.78 is 11.0. The number of methoxy groups -OCH3 is 1. The Kier molecular flexibility index (Phi) is 7.52. The minimum absolute atomic E-state index is 0.0941. The summed E-state index contributed by atoms with van der Waals surface area (Å²) in [7, 11) is 1.68. The lowest BCUT2D eigenvalue weighted by atomic mass is 10.1. The Hall–Kier alpha value is -2.80. The smallest absolute Gasteiger partial charge is 0.277 e.